The summed E-state index contributed by atoms with van der Waals surface area (Å²) in [4.78, 5) is 12.2. The number of amides is 1. The Labute approximate surface area is 136 Å². The van der Waals surface area contributed by atoms with Crippen molar-refractivity contribution in [1.82, 2.24) is 0 Å². The van der Waals surface area contributed by atoms with Gasteiger partial charge >= 0.3 is 0 Å². The predicted molar refractivity (Wildman–Crippen MR) is 88.3 cm³/mol. The molecule has 0 heterocycles. The second-order valence-electron chi connectivity index (χ2n) is 3.79. The molecule has 2 rings (SSSR count). The van der Waals surface area contributed by atoms with E-state index in [1.54, 1.807) is 18.2 Å². The van der Waals surface area contributed by atoms with Crippen LogP contribution in [0.2, 0.25) is 0 Å². The number of hydrogen-bond acceptors (Lipinski definition) is 2. The molecule has 0 fully saturated rings. The monoisotopic (exact) mass is 446 g/mol. The van der Waals surface area contributed by atoms with E-state index in [1.807, 2.05) is 18.2 Å². The molecule has 0 aliphatic rings. The minimum absolute atomic E-state index is 0.224. The van der Waals surface area contributed by atoms with E-state index in [0.717, 1.165) is 8.95 Å². The molecule has 1 amide bonds. The molecular weight excluding hydrogens is 440 g/mol. The minimum Gasteiger partial charge on any atom is -0.398 e. The van der Waals surface area contributed by atoms with Crippen LogP contribution in [-0.4, -0.2) is 5.91 Å². The number of halogens is 3. The summed E-state index contributed by atoms with van der Waals surface area (Å²) in [5.74, 6) is -0.224. The third-order valence-corrected chi connectivity index (χ3v) is 4.52. The van der Waals surface area contributed by atoms with Gasteiger partial charge < -0.3 is 11.1 Å². The molecule has 0 aliphatic carbocycles. The summed E-state index contributed by atoms with van der Waals surface area (Å²) < 4.78 is 2.29. The third kappa shape index (κ3) is 3.38. The number of anilines is 2. The molecule has 6 heteroatoms. The molecule has 0 bridgehead atoms. The predicted octanol–water partition coefficient (Wildman–Crippen LogP) is 4.81. The Hall–Kier alpha value is -0.850. The number of carbonyl (C=O) groups is 1. The SMILES string of the molecule is Nc1cccc(C(=O)Nc2cc(Br)ccc2Br)c1Br. The van der Waals surface area contributed by atoms with Gasteiger partial charge in [-0.2, -0.15) is 0 Å². The van der Waals surface area contributed by atoms with Gasteiger partial charge in [-0.05, 0) is 62.2 Å². The molecule has 0 saturated carbocycles. The number of hydrogen-bond donors (Lipinski definition) is 2. The molecule has 2 aromatic carbocycles. The fraction of sp³-hybridized carbons (Fsp3) is 0. The smallest absolute Gasteiger partial charge is 0.256 e. The number of nitrogen functional groups attached to an aromatic ring is 1. The van der Waals surface area contributed by atoms with Gasteiger partial charge in [-0.25, -0.2) is 0 Å². The lowest BCUT2D eigenvalue weighted by atomic mass is 10.2. The maximum absolute atomic E-state index is 12.2. The fourth-order valence-corrected chi connectivity index (χ4v) is 2.66. The summed E-state index contributed by atoms with van der Waals surface area (Å²) >= 11 is 10.1. The largest absolute Gasteiger partial charge is 0.398 e. The van der Waals surface area contributed by atoms with Crippen LogP contribution in [0.1, 0.15) is 10.4 Å². The normalized spacial score (nSPS) is 10.3. The zero-order valence-electron chi connectivity index (χ0n) is 9.58. The lowest BCUT2D eigenvalue weighted by molar-refractivity contribution is 0.102. The highest BCUT2D eigenvalue weighted by Crippen LogP contribution is 2.28. The molecule has 98 valence electrons. The summed E-state index contributed by atoms with van der Waals surface area (Å²) in [6.07, 6.45) is 0. The molecule has 0 aliphatic heterocycles. The van der Waals surface area contributed by atoms with Gasteiger partial charge in [0.05, 0.1) is 15.7 Å². The highest BCUT2D eigenvalue weighted by molar-refractivity contribution is 9.11. The Morgan fingerprint density at radius 1 is 1.11 bits per heavy atom. The van der Waals surface area contributed by atoms with E-state index in [9.17, 15) is 4.79 Å². The van der Waals surface area contributed by atoms with Gasteiger partial charge in [0.1, 0.15) is 0 Å². The molecule has 3 nitrogen and oxygen atoms in total. The summed E-state index contributed by atoms with van der Waals surface area (Å²) in [5.41, 5.74) is 7.47. The van der Waals surface area contributed by atoms with E-state index in [1.165, 1.54) is 0 Å². The number of rotatable bonds is 2. The average molecular weight is 449 g/mol. The highest BCUT2D eigenvalue weighted by Gasteiger charge is 2.13. The van der Waals surface area contributed by atoms with Crippen LogP contribution in [0.5, 0.6) is 0 Å². The molecule has 3 N–H and O–H groups in total. The van der Waals surface area contributed by atoms with Gasteiger partial charge in [0.25, 0.3) is 5.91 Å². The van der Waals surface area contributed by atoms with Crippen LogP contribution < -0.4 is 11.1 Å². The zero-order valence-corrected chi connectivity index (χ0v) is 14.3. The van der Waals surface area contributed by atoms with Crippen molar-refractivity contribution >= 4 is 65.1 Å². The Morgan fingerprint density at radius 3 is 2.58 bits per heavy atom. The van der Waals surface area contributed by atoms with Gasteiger partial charge in [-0.15, -0.1) is 0 Å². The lowest BCUT2D eigenvalue weighted by Crippen LogP contribution is -2.13. The van der Waals surface area contributed by atoms with Crippen molar-refractivity contribution < 1.29 is 4.79 Å². The first-order valence-corrected chi connectivity index (χ1v) is 7.67. The standard InChI is InChI=1S/C13H9Br3N2O/c14-7-4-5-9(15)11(6-7)18-13(19)8-2-1-3-10(17)12(8)16/h1-6H,17H2,(H,18,19). The van der Waals surface area contributed by atoms with Crippen molar-refractivity contribution in [2.45, 2.75) is 0 Å². The van der Waals surface area contributed by atoms with E-state index < -0.39 is 0 Å². The van der Waals surface area contributed by atoms with Crippen LogP contribution in [0.4, 0.5) is 11.4 Å². The molecule has 0 radical (unpaired) electrons. The van der Waals surface area contributed by atoms with Crippen molar-refractivity contribution in [1.29, 1.82) is 0 Å². The first-order valence-electron chi connectivity index (χ1n) is 5.29. The molecule has 0 atom stereocenters. The van der Waals surface area contributed by atoms with E-state index in [2.05, 4.69) is 53.1 Å². The lowest BCUT2D eigenvalue weighted by Gasteiger charge is -2.10. The molecular formula is C13H9Br3N2O. The minimum atomic E-state index is -0.224. The number of carbonyl (C=O) groups excluding carboxylic acids is 1. The topological polar surface area (TPSA) is 55.1 Å². The van der Waals surface area contributed by atoms with Crippen LogP contribution in [-0.2, 0) is 0 Å². The van der Waals surface area contributed by atoms with Crippen molar-refractivity contribution in [3.63, 3.8) is 0 Å². The Kier molecular flexibility index (Phi) is 4.65. The van der Waals surface area contributed by atoms with Gasteiger partial charge in [-0.3, -0.25) is 4.79 Å². The molecule has 0 spiro atoms. The Bertz CT molecular complexity index is 644. The first-order chi connectivity index (χ1) is 8.99. The summed E-state index contributed by atoms with van der Waals surface area (Å²) in [6, 6.07) is 10.7. The van der Waals surface area contributed by atoms with Crippen molar-refractivity contribution in [2.24, 2.45) is 0 Å². The third-order valence-electron chi connectivity index (χ3n) is 2.45. The molecule has 0 saturated heterocycles. The number of nitrogens with one attached hydrogen (secondary N) is 1. The fourth-order valence-electron chi connectivity index (χ4n) is 1.51. The summed E-state index contributed by atoms with van der Waals surface area (Å²) in [5, 5.41) is 2.83. The second-order valence-corrected chi connectivity index (χ2v) is 6.35. The molecule has 0 aromatic heterocycles. The van der Waals surface area contributed by atoms with Crippen molar-refractivity contribution in [3.05, 3.63) is 55.4 Å². The van der Waals surface area contributed by atoms with E-state index in [0.29, 0.717) is 21.4 Å². The Balaban J connectivity index is 2.31. The van der Waals surface area contributed by atoms with Crippen molar-refractivity contribution in [3.8, 4) is 0 Å². The molecule has 0 unspecified atom stereocenters. The maximum atomic E-state index is 12.2. The maximum Gasteiger partial charge on any atom is 0.256 e. The van der Waals surface area contributed by atoms with Crippen LogP contribution in [0.25, 0.3) is 0 Å². The van der Waals surface area contributed by atoms with Crippen LogP contribution in [0.3, 0.4) is 0 Å². The van der Waals surface area contributed by atoms with E-state index >= 15 is 0 Å². The van der Waals surface area contributed by atoms with Gasteiger partial charge in [0.2, 0.25) is 0 Å². The first kappa shape index (κ1) is 14.6. The summed E-state index contributed by atoms with van der Waals surface area (Å²) in [6.45, 7) is 0. The van der Waals surface area contributed by atoms with Crippen molar-refractivity contribution in [2.75, 3.05) is 11.1 Å². The second kappa shape index (κ2) is 6.07. The van der Waals surface area contributed by atoms with Gasteiger partial charge in [0, 0.05) is 14.6 Å². The van der Waals surface area contributed by atoms with Gasteiger partial charge in [-0.1, -0.05) is 22.0 Å². The zero-order chi connectivity index (χ0) is 14.0. The van der Waals surface area contributed by atoms with Crippen LogP contribution in [0, 0.1) is 0 Å². The molecule has 19 heavy (non-hydrogen) atoms. The van der Waals surface area contributed by atoms with Crippen LogP contribution >= 0.6 is 47.8 Å². The number of nitrogens with two attached hydrogens (primary N) is 1. The number of benzene rings is 2. The highest BCUT2D eigenvalue weighted by atomic mass is 79.9. The molecule has 2 aromatic rings. The van der Waals surface area contributed by atoms with Gasteiger partial charge in [0.15, 0.2) is 0 Å². The quantitative estimate of drug-likeness (QED) is 0.648. The van der Waals surface area contributed by atoms with Crippen LogP contribution in [0.15, 0.2) is 49.8 Å². The Morgan fingerprint density at radius 2 is 1.84 bits per heavy atom. The average Bonchev–Trinajstić information content (AvgIpc) is 2.37. The van der Waals surface area contributed by atoms with E-state index in [-0.39, 0.29) is 5.91 Å². The summed E-state index contributed by atoms with van der Waals surface area (Å²) in [7, 11) is 0. The van der Waals surface area contributed by atoms with E-state index in [4.69, 9.17) is 5.73 Å².